The second-order valence-corrected chi connectivity index (χ2v) is 7.74. The molecule has 0 bridgehead atoms. The molecule has 5 heteroatoms. The average molecular weight is 425 g/mol. The van der Waals surface area contributed by atoms with Crippen molar-refractivity contribution in [3.05, 3.63) is 96.1 Å². The monoisotopic (exact) mass is 424 g/mol. The number of para-hydroxylation sites is 1. The Morgan fingerprint density at radius 1 is 0.875 bits per heavy atom. The van der Waals surface area contributed by atoms with Crippen LogP contribution in [0.4, 0.5) is 5.69 Å². The van der Waals surface area contributed by atoms with E-state index in [1.54, 1.807) is 26.4 Å². The van der Waals surface area contributed by atoms with Crippen molar-refractivity contribution in [3.63, 3.8) is 0 Å². The van der Waals surface area contributed by atoms with Crippen LogP contribution in [-0.4, -0.2) is 25.0 Å². The molecule has 1 aliphatic rings. The van der Waals surface area contributed by atoms with Gasteiger partial charge in [-0.2, -0.15) is 5.10 Å². The number of anilines is 1. The third-order valence-electron chi connectivity index (χ3n) is 5.91. The second-order valence-electron chi connectivity index (χ2n) is 7.74. The van der Waals surface area contributed by atoms with E-state index in [9.17, 15) is 5.11 Å². The van der Waals surface area contributed by atoms with Gasteiger partial charge in [-0.15, -0.1) is 0 Å². The van der Waals surface area contributed by atoms with Crippen molar-refractivity contribution in [1.82, 2.24) is 0 Å². The normalized spacial score (nSPS) is 15.6. The Kier molecular flexibility index (Phi) is 5.15. The Labute approximate surface area is 187 Å². The molecule has 0 saturated carbocycles. The summed E-state index contributed by atoms with van der Waals surface area (Å²) in [7, 11) is 3.15. The molecule has 5 rings (SSSR count). The first-order valence-corrected chi connectivity index (χ1v) is 10.5. The first kappa shape index (κ1) is 19.9. The summed E-state index contributed by atoms with van der Waals surface area (Å²) in [4.78, 5) is 0. The maximum absolute atomic E-state index is 10.8. The molecule has 160 valence electrons. The number of aromatic hydroxyl groups is 1. The third kappa shape index (κ3) is 3.42. The predicted octanol–water partition coefficient (Wildman–Crippen LogP) is 5.92. The minimum atomic E-state index is -0.0234. The van der Waals surface area contributed by atoms with Gasteiger partial charge in [0.15, 0.2) is 0 Å². The van der Waals surface area contributed by atoms with Crippen molar-refractivity contribution in [2.45, 2.75) is 12.5 Å². The van der Waals surface area contributed by atoms with E-state index in [0.717, 1.165) is 11.4 Å². The van der Waals surface area contributed by atoms with Crippen molar-refractivity contribution < 1.29 is 14.6 Å². The summed E-state index contributed by atoms with van der Waals surface area (Å²) in [6.45, 7) is 0. The number of ether oxygens (including phenoxy) is 2. The van der Waals surface area contributed by atoms with E-state index in [4.69, 9.17) is 14.6 Å². The largest absolute Gasteiger partial charge is 0.507 e. The van der Waals surface area contributed by atoms with Crippen LogP contribution in [0.3, 0.4) is 0 Å². The summed E-state index contributed by atoms with van der Waals surface area (Å²) in [6, 6.07) is 28.2. The van der Waals surface area contributed by atoms with E-state index in [0.29, 0.717) is 23.5 Å². The molecule has 1 atom stereocenters. The molecule has 1 N–H and O–H groups in total. The van der Waals surface area contributed by atoms with Crippen LogP contribution in [0, 0.1) is 0 Å². The SMILES string of the molecule is COc1cc(O)c(C2=NN(c3ccccc3)C(c3cccc4ccccc34)C2)c(OC)c1. The van der Waals surface area contributed by atoms with Crippen LogP contribution in [0.5, 0.6) is 17.2 Å². The predicted molar refractivity (Wildman–Crippen MR) is 128 cm³/mol. The Morgan fingerprint density at radius 2 is 1.62 bits per heavy atom. The molecule has 0 radical (unpaired) electrons. The minimum absolute atomic E-state index is 0.0234. The van der Waals surface area contributed by atoms with Crippen LogP contribution < -0.4 is 14.5 Å². The fourth-order valence-electron chi connectivity index (χ4n) is 4.41. The second kappa shape index (κ2) is 8.27. The average Bonchev–Trinajstić information content (AvgIpc) is 3.28. The van der Waals surface area contributed by atoms with E-state index in [2.05, 4.69) is 54.6 Å². The molecule has 1 unspecified atom stereocenters. The van der Waals surface area contributed by atoms with Crippen LogP contribution >= 0.6 is 0 Å². The number of fused-ring (bicyclic) bond motifs is 1. The molecule has 0 aliphatic carbocycles. The minimum Gasteiger partial charge on any atom is -0.507 e. The molecule has 0 spiro atoms. The first-order valence-electron chi connectivity index (χ1n) is 10.5. The molecule has 32 heavy (non-hydrogen) atoms. The van der Waals surface area contributed by atoms with Gasteiger partial charge in [0, 0.05) is 18.6 Å². The summed E-state index contributed by atoms with van der Waals surface area (Å²) in [6.07, 6.45) is 0.624. The molecular weight excluding hydrogens is 400 g/mol. The van der Waals surface area contributed by atoms with Crippen molar-refractivity contribution >= 4 is 22.2 Å². The molecule has 0 fully saturated rings. The summed E-state index contributed by atoms with van der Waals surface area (Å²) in [5.41, 5.74) is 3.55. The van der Waals surface area contributed by atoms with E-state index in [-0.39, 0.29) is 11.8 Å². The Balaban J connectivity index is 1.66. The van der Waals surface area contributed by atoms with Crippen LogP contribution in [-0.2, 0) is 0 Å². The van der Waals surface area contributed by atoms with Gasteiger partial charge < -0.3 is 14.6 Å². The molecule has 0 aromatic heterocycles. The van der Waals surface area contributed by atoms with Crippen LogP contribution in [0.15, 0.2) is 90.0 Å². The van der Waals surface area contributed by atoms with Crippen molar-refractivity contribution in [2.75, 3.05) is 19.2 Å². The van der Waals surface area contributed by atoms with Crippen molar-refractivity contribution in [1.29, 1.82) is 0 Å². The van der Waals surface area contributed by atoms with E-state index in [1.807, 2.05) is 23.2 Å². The van der Waals surface area contributed by atoms with Gasteiger partial charge in [-0.05, 0) is 28.5 Å². The van der Waals surface area contributed by atoms with E-state index < -0.39 is 0 Å². The van der Waals surface area contributed by atoms with Gasteiger partial charge in [0.2, 0.25) is 0 Å². The number of benzene rings is 4. The molecule has 4 aromatic rings. The van der Waals surface area contributed by atoms with Crippen LogP contribution in [0.25, 0.3) is 10.8 Å². The number of hydrogen-bond acceptors (Lipinski definition) is 5. The lowest BCUT2D eigenvalue weighted by molar-refractivity contribution is 0.384. The zero-order chi connectivity index (χ0) is 22.1. The number of nitrogens with zero attached hydrogens (tertiary/aromatic N) is 2. The standard InChI is InChI=1S/C27H24N2O3/c1-31-20-15-25(30)27(26(16-20)32-2)23-17-24(29(28-23)19-11-4-3-5-12-19)22-14-8-10-18-9-6-7-13-21(18)22/h3-16,24,30H,17H2,1-2H3. The summed E-state index contributed by atoms with van der Waals surface area (Å²) < 4.78 is 10.9. The quantitative estimate of drug-likeness (QED) is 0.432. The van der Waals surface area contributed by atoms with Gasteiger partial charge in [0.25, 0.3) is 0 Å². The third-order valence-corrected chi connectivity index (χ3v) is 5.91. The van der Waals surface area contributed by atoms with Crippen molar-refractivity contribution in [2.24, 2.45) is 5.10 Å². The number of phenolic OH excluding ortho intramolecular Hbond substituents is 1. The molecule has 0 saturated heterocycles. The molecular formula is C27H24N2O3. The topological polar surface area (TPSA) is 54.3 Å². The Bertz CT molecular complexity index is 1300. The maximum atomic E-state index is 10.8. The lowest BCUT2D eigenvalue weighted by Gasteiger charge is -2.25. The lowest BCUT2D eigenvalue weighted by atomic mass is 9.93. The number of rotatable bonds is 5. The highest BCUT2D eigenvalue weighted by Crippen LogP contribution is 2.43. The number of methoxy groups -OCH3 is 2. The highest BCUT2D eigenvalue weighted by atomic mass is 16.5. The Hall–Kier alpha value is -3.99. The first-order chi connectivity index (χ1) is 15.7. The van der Waals surface area contributed by atoms with Gasteiger partial charge in [0.1, 0.15) is 17.2 Å². The van der Waals surface area contributed by atoms with Gasteiger partial charge in [-0.3, -0.25) is 5.01 Å². The summed E-state index contributed by atoms with van der Waals surface area (Å²) in [5, 5.41) is 20.2. The Morgan fingerprint density at radius 3 is 2.41 bits per heavy atom. The molecule has 0 amide bonds. The number of hydrogen-bond donors (Lipinski definition) is 1. The number of hydrazone groups is 1. The summed E-state index contributed by atoms with van der Waals surface area (Å²) >= 11 is 0. The van der Waals surface area contributed by atoms with Gasteiger partial charge in [-0.1, -0.05) is 60.7 Å². The smallest absolute Gasteiger partial charge is 0.135 e. The van der Waals surface area contributed by atoms with Crippen molar-refractivity contribution in [3.8, 4) is 17.2 Å². The number of phenols is 1. The van der Waals surface area contributed by atoms with Gasteiger partial charge in [0.05, 0.1) is 37.2 Å². The fourth-order valence-corrected chi connectivity index (χ4v) is 4.41. The highest BCUT2D eigenvalue weighted by Gasteiger charge is 2.33. The zero-order valence-electron chi connectivity index (χ0n) is 18.0. The molecule has 4 aromatic carbocycles. The maximum Gasteiger partial charge on any atom is 0.135 e. The van der Waals surface area contributed by atoms with Crippen LogP contribution in [0.1, 0.15) is 23.6 Å². The van der Waals surface area contributed by atoms with E-state index in [1.165, 1.54) is 16.3 Å². The van der Waals surface area contributed by atoms with E-state index >= 15 is 0 Å². The van der Waals surface area contributed by atoms with Gasteiger partial charge in [-0.25, -0.2) is 0 Å². The highest BCUT2D eigenvalue weighted by molar-refractivity contribution is 6.08. The zero-order valence-corrected chi connectivity index (χ0v) is 18.0. The molecule has 1 heterocycles. The lowest BCUT2D eigenvalue weighted by Crippen LogP contribution is -2.18. The van der Waals surface area contributed by atoms with Gasteiger partial charge >= 0.3 is 0 Å². The fraction of sp³-hybridized carbons (Fsp3) is 0.148. The van der Waals surface area contributed by atoms with Crippen LogP contribution in [0.2, 0.25) is 0 Å². The molecule has 5 nitrogen and oxygen atoms in total. The molecule has 1 aliphatic heterocycles. The summed E-state index contributed by atoms with van der Waals surface area (Å²) in [5.74, 6) is 1.16.